The van der Waals surface area contributed by atoms with E-state index in [1.165, 1.54) is 7.11 Å². The molecule has 2 N–H and O–H groups in total. The van der Waals surface area contributed by atoms with Gasteiger partial charge in [0.2, 0.25) is 5.88 Å². The first-order chi connectivity index (χ1) is 24.2. The molecule has 3 saturated heterocycles. The van der Waals surface area contributed by atoms with Crippen molar-refractivity contribution in [2.75, 3.05) is 71.2 Å². The fraction of sp³-hybridized carbons (Fsp3) is 0.611. The molecule has 4 aromatic rings. The van der Waals surface area contributed by atoms with Gasteiger partial charge in [-0.05, 0) is 70.0 Å². The first-order valence-electron chi connectivity index (χ1n) is 17.7. The number of benzene rings is 1. The molecule has 0 amide bonds. The Bertz CT molecular complexity index is 1900. The molecule has 4 unspecified atom stereocenters. The van der Waals surface area contributed by atoms with Gasteiger partial charge in [-0.2, -0.15) is 15.1 Å². The van der Waals surface area contributed by atoms with E-state index >= 15 is 4.39 Å². The van der Waals surface area contributed by atoms with Crippen LogP contribution in [-0.2, 0) is 9.47 Å². The first kappa shape index (κ1) is 33.8. The van der Waals surface area contributed by atoms with Gasteiger partial charge in [0, 0.05) is 42.1 Å². The monoisotopic (exact) mass is 709 g/mol. The molecule has 0 bridgehead atoms. The van der Waals surface area contributed by atoms with Crippen molar-refractivity contribution < 1.29 is 28.4 Å². The quantitative estimate of drug-likeness (QED) is 0.247. The van der Waals surface area contributed by atoms with Crippen molar-refractivity contribution in [3.63, 3.8) is 0 Å². The number of methoxy groups -OCH3 is 1. The number of aromatic amines is 1. The Kier molecular flexibility index (Phi) is 8.99. The zero-order valence-corrected chi connectivity index (χ0v) is 29.7. The highest BCUT2D eigenvalue weighted by atomic mass is 35.5. The SMILES string of the molecule is COc1nc(-c2c(Cl)c(C)cc3[nH]ncc23)c(F)c2nc(OCC34CCCC3N(CC3CCOC3)CCC4)nc(N3CCOCC(C)(O)C3)c12. The lowest BCUT2D eigenvalue weighted by Gasteiger charge is -2.46. The van der Waals surface area contributed by atoms with E-state index in [4.69, 9.17) is 45.5 Å². The highest BCUT2D eigenvalue weighted by molar-refractivity contribution is 6.35. The van der Waals surface area contributed by atoms with E-state index in [2.05, 4.69) is 15.1 Å². The topological polar surface area (TPSA) is 131 Å². The zero-order valence-electron chi connectivity index (χ0n) is 28.9. The number of β-amino-alcohol motifs (C(OH)–C–C–N with tert-alkyl or cyclic N) is 1. The summed E-state index contributed by atoms with van der Waals surface area (Å²) in [6, 6.07) is 2.34. The molecule has 0 spiro atoms. The van der Waals surface area contributed by atoms with Crippen LogP contribution in [-0.4, -0.2) is 113 Å². The minimum absolute atomic E-state index is 0.00199. The number of ether oxygens (including phenoxy) is 4. The summed E-state index contributed by atoms with van der Waals surface area (Å²) in [7, 11) is 1.48. The molecule has 50 heavy (non-hydrogen) atoms. The minimum Gasteiger partial charge on any atom is -0.480 e. The number of aliphatic hydroxyl groups is 1. The summed E-state index contributed by atoms with van der Waals surface area (Å²) < 4.78 is 41.0. The number of nitrogens with zero attached hydrogens (tertiary/aromatic N) is 6. The van der Waals surface area contributed by atoms with E-state index in [1.807, 2.05) is 17.9 Å². The number of H-pyrrole nitrogens is 1. The Balaban J connectivity index is 1.23. The number of hydrogen-bond acceptors (Lipinski definition) is 11. The van der Waals surface area contributed by atoms with Crippen LogP contribution in [0.2, 0.25) is 5.02 Å². The summed E-state index contributed by atoms with van der Waals surface area (Å²) in [6.45, 7) is 8.90. The van der Waals surface area contributed by atoms with Crippen LogP contribution in [0.4, 0.5) is 10.2 Å². The number of fused-ring (bicyclic) bond motifs is 3. The Morgan fingerprint density at radius 1 is 1.14 bits per heavy atom. The van der Waals surface area contributed by atoms with Gasteiger partial charge in [0.15, 0.2) is 5.82 Å². The number of aromatic nitrogens is 5. The smallest absolute Gasteiger partial charge is 0.319 e. The maximum absolute atomic E-state index is 17.2. The standard InChI is InChI=1S/C36H45ClFN7O5/c1-21-14-24-23(15-39-43-24)26(28(21)37)30-29(38)31-27(33(40-30)47-3)32(45-11-13-49-19-35(2,46)18-45)42-34(41-31)50-20-36-8-4-6-25(36)44(10-5-9-36)16-22-7-12-48-17-22/h14-15,22,25,46H,4-13,16-20H2,1-3H3,(H,39,43). The molecule has 4 fully saturated rings. The maximum atomic E-state index is 17.2. The highest BCUT2D eigenvalue weighted by Gasteiger charge is 2.49. The number of pyridine rings is 1. The summed E-state index contributed by atoms with van der Waals surface area (Å²) >= 11 is 6.86. The van der Waals surface area contributed by atoms with Crippen LogP contribution in [0.15, 0.2) is 12.3 Å². The summed E-state index contributed by atoms with van der Waals surface area (Å²) in [5.41, 5.74) is 0.602. The lowest BCUT2D eigenvalue weighted by Crippen LogP contribution is -2.53. The Morgan fingerprint density at radius 2 is 2.00 bits per heavy atom. The fourth-order valence-corrected chi connectivity index (χ4v) is 9.07. The van der Waals surface area contributed by atoms with Gasteiger partial charge >= 0.3 is 6.01 Å². The third-order valence-electron chi connectivity index (χ3n) is 11.2. The number of piperidine rings is 1. The van der Waals surface area contributed by atoms with Crippen molar-refractivity contribution in [3.05, 3.63) is 28.7 Å². The van der Waals surface area contributed by atoms with Crippen LogP contribution in [0.5, 0.6) is 11.9 Å². The molecular formula is C36H45ClFN7O5. The number of rotatable bonds is 8. The van der Waals surface area contributed by atoms with E-state index in [-0.39, 0.29) is 47.1 Å². The minimum atomic E-state index is -1.18. The second-order valence-corrected chi connectivity index (χ2v) is 15.3. The van der Waals surface area contributed by atoms with E-state index in [0.29, 0.717) is 59.0 Å². The lowest BCUT2D eigenvalue weighted by atomic mass is 9.75. The summed E-state index contributed by atoms with van der Waals surface area (Å²) in [5.74, 6) is 0.382. The normalized spacial score (nSPS) is 27.6. The van der Waals surface area contributed by atoms with Gasteiger partial charge in [-0.1, -0.05) is 18.0 Å². The molecule has 1 aliphatic carbocycles. The van der Waals surface area contributed by atoms with Crippen molar-refractivity contribution >= 4 is 39.2 Å². The molecule has 3 aromatic heterocycles. The predicted molar refractivity (Wildman–Crippen MR) is 188 cm³/mol. The number of likely N-dealkylation sites (tertiary alicyclic amines) is 1. The third kappa shape index (κ3) is 6.04. The zero-order chi connectivity index (χ0) is 34.6. The Morgan fingerprint density at radius 3 is 2.82 bits per heavy atom. The number of nitrogens with one attached hydrogen (secondary N) is 1. The molecule has 4 aliphatic rings. The second-order valence-electron chi connectivity index (χ2n) is 14.9. The van der Waals surface area contributed by atoms with Crippen LogP contribution < -0.4 is 14.4 Å². The van der Waals surface area contributed by atoms with Gasteiger partial charge in [-0.15, -0.1) is 0 Å². The Hall–Kier alpha value is -3.36. The van der Waals surface area contributed by atoms with Crippen LogP contribution in [0.25, 0.3) is 33.1 Å². The molecule has 12 nitrogen and oxygen atoms in total. The fourth-order valence-electron chi connectivity index (χ4n) is 8.82. The van der Waals surface area contributed by atoms with Crippen molar-refractivity contribution in [1.82, 2.24) is 30.0 Å². The molecular weight excluding hydrogens is 665 g/mol. The van der Waals surface area contributed by atoms with Crippen molar-refractivity contribution in [2.24, 2.45) is 11.3 Å². The van der Waals surface area contributed by atoms with Gasteiger partial charge in [0.1, 0.15) is 28.0 Å². The van der Waals surface area contributed by atoms with E-state index in [9.17, 15) is 5.11 Å². The average Bonchev–Trinajstić information content (AvgIpc) is 3.86. The molecule has 8 rings (SSSR count). The average molecular weight is 710 g/mol. The van der Waals surface area contributed by atoms with Gasteiger partial charge in [-0.25, -0.2) is 9.37 Å². The summed E-state index contributed by atoms with van der Waals surface area (Å²) in [6.07, 6.45) is 8.21. The van der Waals surface area contributed by atoms with Gasteiger partial charge in [-0.3, -0.25) is 10.00 Å². The second kappa shape index (κ2) is 13.3. The molecule has 1 aromatic carbocycles. The molecule has 4 atom stereocenters. The molecule has 14 heteroatoms. The highest BCUT2D eigenvalue weighted by Crippen LogP contribution is 2.49. The van der Waals surface area contributed by atoms with Crippen molar-refractivity contribution in [1.29, 1.82) is 0 Å². The molecule has 0 radical (unpaired) electrons. The Labute approximate surface area is 295 Å². The van der Waals surface area contributed by atoms with E-state index in [0.717, 1.165) is 70.4 Å². The number of hydrogen-bond donors (Lipinski definition) is 2. The number of aryl methyl sites for hydroxylation is 1. The first-order valence-corrected chi connectivity index (χ1v) is 18.1. The largest absolute Gasteiger partial charge is 0.480 e. The molecule has 268 valence electrons. The number of anilines is 1. The summed E-state index contributed by atoms with van der Waals surface area (Å²) in [4.78, 5) is 18.9. The number of halogens is 2. The predicted octanol–water partition coefficient (Wildman–Crippen LogP) is 5.32. The van der Waals surface area contributed by atoms with Crippen LogP contribution >= 0.6 is 11.6 Å². The van der Waals surface area contributed by atoms with Gasteiger partial charge < -0.3 is 29.0 Å². The van der Waals surface area contributed by atoms with Crippen molar-refractivity contribution in [3.8, 4) is 23.1 Å². The van der Waals surface area contributed by atoms with Crippen LogP contribution in [0, 0.1) is 24.1 Å². The van der Waals surface area contributed by atoms with Crippen LogP contribution in [0.3, 0.4) is 0 Å². The molecule has 1 saturated carbocycles. The van der Waals surface area contributed by atoms with E-state index < -0.39 is 11.4 Å². The summed E-state index contributed by atoms with van der Waals surface area (Å²) in [5, 5.41) is 19.5. The molecule has 6 heterocycles. The van der Waals surface area contributed by atoms with Gasteiger partial charge in [0.05, 0.1) is 56.8 Å². The van der Waals surface area contributed by atoms with E-state index in [1.54, 1.807) is 13.1 Å². The van der Waals surface area contributed by atoms with Crippen molar-refractivity contribution in [2.45, 2.75) is 64.0 Å². The lowest BCUT2D eigenvalue weighted by molar-refractivity contribution is -0.0123. The molecule has 3 aliphatic heterocycles. The van der Waals surface area contributed by atoms with Gasteiger partial charge in [0.25, 0.3) is 0 Å². The van der Waals surface area contributed by atoms with Crippen LogP contribution in [0.1, 0.15) is 51.0 Å². The maximum Gasteiger partial charge on any atom is 0.319 e. The third-order valence-corrected chi connectivity index (χ3v) is 11.7.